The fraction of sp³-hybridized carbons (Fsp3) is 0.571. The quantitative estimate of drug-likeness (QED) is 0.675. The lowest BCUT2D eigenvalue weighted by atomic mass is 10.3. The number of hydrogen-bond donors (Lipinski definition) is 1. The lowest BCUT2D eigenvalue weighted by molar-refractivity contribution is 0.0770. The molecule has 20 heavy (non-hydrogen) atoms. The molecule has 0 atom stereocenters. The van der Waals surface area contributed by atoms with E-state index in [4.69, 9.17) is 44.3 Å². The van der Waals surface area contributed by atoms with E-state index >= 15 is 0 Å². The number of rotatable bonds is 9. The zero-order valence-electron chi connectivity index (χ0n) is 11.7. The first-order valence-electron chi connectivity index (χ1n) is 6.60. The molecule has 0 unspecified atom stereocenters. The van der Waals surface area contributed by atoms with Crippen LogP contribution in [0.1, 0.15) is 20.3 Å². The van der Waals surface area contributed by atoms with Crippen LogP contribution < -0.4 is 10.1 Å². The molecule has 6 heteroatoms. The van der Waals surface area contributed by atoms with E-state index in [1.807, 2.05) is 13.8 Å². The van der Waals surface area contributed by atoms with Crippen molar-refractivity contribution in [3.05, 3.63) is 27.2 Å². The number of nitrogens with one attached hydrogen (secondary N) is 1. The number of hydrogen-bond acceptors (Lipinski definition) is 3. The Hall–Kier alpha value is -0.190. The molecule has 1 N–H and O–H groups in total. The highest BCUT2D eigenvalue weighted by Gasteiger charge is 2.08. The number of benzene rings is 1. The maximum Gasteiger partial charge on any atom is 0.156 e. The van der Waals surface area contributed by atoms with E-state index in [1.165, 1.54) is 0 Å². The van der Waals surface area contributed by atoms with Crippen molar-refractivity contribution in [3.8, 4) is 5.75 Å². The van der Waals surface area contributed by atoms with Crippen molar-refractivity contribution in [3.63, 3.8) is 0 Å². The standard InChI is InChI=1S/C14H20Cl3NO2/c1-10(2)19-6-3-4-18-5-7-20-14-12(16)8-11(15)9-13(14)17/h8-10,18H,3-7H2,1-2H3. The van der Waals surface area contributed by atoms with Gasteiger partial charge in [0.05, 0.1) is 16.1 Å². The molecule has 1 aromatic rings. The number of halogens is 3. The van der Waals surface area contributed by atoms with Crippen molar-refractivity contribution in [2.45, 2.75) is 26.4 Å². The monoisotopic (exact) mass is 339 g/mol. The Kier molecular flexibility index (Phi) is 8.66. The minimum Gasteiger partial charge on any atom is -0.489 e. The Bertz CT molecular complexity index is 390. The minimum atomic E-state index is 0.285. The van der Waals surface area contributed by atoms with Crippen molar-refractivity contribution < 1.29 is 9.47 Å². The molecule has 0 radical (unpaired) electrons. The Morgan fingerprint density at radius 3 is 2.30 bits per heavy atom. The largest absolute Gasteiger partial charge is 0.489 e. The molecule has 0 aromatic heterocycles. The second-order valence-electron chi connectivity index (χ2n) is 4.57. The van der Waals surface area contributed by atoms with Gasteiger partial charge in [0.15, 0.2) is 5.75 Å². The summed E-state index contributed by atoms with van der Waals surface area (Å²) in [6.07, 6.45) is 1.26. The molecule has 0 amide bonds. The van der Waals surface area contributed by atoms with Crippen LogP contribution in [0, 0.1) is 0 Å². The molecule has 0 spiro atoms. The van der Waals surface area contributed by atoms with Gasteiger partial charge in [0, 0.05) is 18.2 Å². The molecular weight excluding hydrogens is 321 g/mol. The average Bonchev–Trinajstić information content (AvgIpc) is 2.34. The summed E-state index contributed by atoms with van der Waals surface area (Å²) in [6, 6.07) is 3.22. The van der Waals surface area contributed by atoms with Crippen LogP contribution in [0.2, 0.25) is 15.1 Å². The minimum absolute atomic E-state index is 0.285. The Labute approximate surface area is 135 Å². The maximum absolute atomic E-state index is 6.01. The van der Waals surface area contributed by atoms with Crippen molar-refractivity contribution >= 4 is 34.8 Å². The molecule has 3 nitrogen and oxygen atoms in total. The van der Waals surface area contributed by atoms with Crippen molar-refractivity contribution in [1.82, 2.24) is 5.32 Å². The number of ether oxygens (including phenoxy) is 2. The Morgan fingerprint density at radius 2 is 1.70 bits per heavy atom. The first kappa shape index (κ1) is 17.9. The van der Waals surface area contributed by atoms with E-state index in [1.54, 1.807) is 12.1 Å². The van der Waals surface area contributed by atoms with Crippen molar-refractivity contribution in [2.75, 3.05) is 26.3 Å². The lowest BCUT2D eigenvalue weighted by Crippen LogP contribution is -2.23. The smallest absolute Gasteiger partial charge is 0.156 e. The van der Waals surface area contributed by atoms with Gasteiger partial charge in [-0.05, 0) is 38.9 Å². The third kappa shape index (κ3) is 7.00. The second-order valence-corrected chi connectivity index (χ2v) is 5.82. The third-order valence-corrected chi connectivity index (χ3v) is 3.22. The molecular formula is C14H20Cl3NO2. The first-order chi connectivity index (χ1) is 9.50. The zero-order chi connectivity index (χ0) is 15.0. The van der Waals surface area contributed by atoms with Gasteiger partial charge in [0.2, 0.25) is 0 Å². The highest BCUT2D eigenvalue weighted by molar-refractivity contribution is 6.40. The molecule has 0 fully saturated rings. The molecule has 0 aliphatic carbocycles. The van der Waals surface area contributed by atoms with Crippen LogP contribution in [0.5, 0.6) is 5.75 Å². The molecule has 114 valence electrons. The normalized spacial score (nSPS) is 11.1. The van der Waals surface area contributed by atoms with Crippen LogP contribution in [-0.4, -0.2) is 32.4 Å². The molecule has 0 heterocycles. The van der Waals surface area contributed by atoms with Crippen LogP contribution in [0.4, 0.5) is 0 Å². The first-order valence-corrected chi connectivity index (χ1v) is 7.73. The van der Waals surface area contributed by atoms with Crippen LogP contribution in [-0.2, 0) is 4.74 Å². The molecule has 1 aromatic carbocycles. The van der Waals surface area contributed by atoms with E-state index in [0.29, 0.717) is 27.4 Å². The highest BCUT2D eigenvalue weighted by Crippen LogP contribution is 2.35. The van der Waals surface area contributed by atoms with Crippen LogP contribution in [0.15, 0.2) is 12.1 Å². The highest BCUT2D eigenvalue weighted by atomic mass is 35.5. The van der Waals surface area contributed by atoms with Crippen LogP contribution in [0.25, 0.3) is 0 Å². The molecule has 0 aliphatic rings. The Morgan fingerprint density at radius 1 is 1.05 bits per heavy atom. The summed E-state index contributed by atoms with van der Waals surface area (Å²) in [4.78, 5) is 0. The van der Waals surface area contributed by atoms with Gasteiger partial charge in [-0.25, -0.2) is 0 Å². The molecule has 0 saturated heterocycles. The van der Waals surface area contributed by atoms with Gasteiger partial charge in [-0.15, -0.1) is 0 Å². The van der Waals surface area contributed by atoms with Crippen LogP contribution >= 0.6 is 34.8 Å². The van der Waals surface area contributed by atoms with Crippen LogP contribution in [0.3, 0.4) is 0 Å². The van der Waals surface area contributed by atoms with Crippen molar-refractivity contribution in [2.24, 2.45) is 0 Å². The van der Waals surface area contributed by atoms with Gasteiger partial charge in [-0.2, -0.15) is 0 Å². The predicted molar refractivity (Wildman–Crippen MR) is 85.5 cm³/mol. The SMILES string of the molecule is CC(C)OCCCNCCOc1c(Cl)cc(Cl)cc1Cl. The summed E-state index contributed by atoms with van der Waals surface area (Å²) in [6.45, 7) is 6.92. The molecule has 0 bridgehead atoms. The summed E-state index contributed by atoms with van der Waals surface area (Å²) < 4.78 is 11.0. The van der Waals surface area contributed by atoms with E-state index in [2.05, 4.69) is 5.32 Å². The zero-order valence-corrected chi connectivity index (χ0v) is 14.0. The van der Waals surface area contributed by atoms with Crippen molar-refractivity contribution in [1.29, 1.82) is 0 Å². The second kappa shape index (κ2) is 9.69. The van der Waals surface area contributed by atoms with Gasteiger partial charge < -0.3 is 14.8 Å². The van der Waals surface area contributed by atoms with Gasteiger partial charge in [0.1, 0.15) is 6.61 Å². The van der Waals surface area contributed by atoms with Gasteiger partial charge in [0.25, 0.3) is 0 Å². The van der Waals surface area contributed by atoms with Gasteiger partial charge in [-0.3, -0.25) is 0 Å². The molecule has 0 saturated carbocycles. The summed E-state index contributed by atoms with van der Waals surface area (Å²) in [7, 11) is 0. The molecule has 0 aliphatic heterocycles. The fourth-order valence-electron chi connectivity index (χ4n) is 1.53. The Balaban J connectivity index is 2.16. The summed E-state index contributed by atoms with van der Waals surface area (Å²) in [5.74, 6) is 0.475. The van der Waals surface area contributed by atoms with E-state index in [-0.39, 0.29) is 6.10 Å². The lowest BCUT2D eigenvalue weighted by Gasteiger charge is -2.11. The van der Waals surface area contributed by atoms with Gasteiger partial charge >= 0.3 is 0 Å². The van der Waals surface area contributed by atoms with Gasteiger partial charge in [-0.1, -0.05) is 34.8 Å². The summed E-state index contributed by atoms with van der Waals surface area (Å²) in [5.41, 5.74) is 0. The molecule has 1 rings (SSSR count). The van der Waals surface area contributed by atoms with E-state index in [0.717, 1.165) is 26.1 Å². The summed E-state index contributed by atoms with van der Waals surface area (Å²) in [5, 5.41) is 4.61. The summed E-state index contributed by atoms with van der Waals surface area (Å²) >= 11 is 17.9. The predicted octanol–water partition coefficient (Wildman–Crippen LogP) is 4.43. The fourth-order valence-corrected chi connectivity index (χ4v) is 2.46. The van der Waals surface area contributed by atoms with E-state index in [9.17, 15) is 0 Å². The third-order valence-electron chi connectivity index (χ3n) is 2.44. The topological polar surface area (TPSA) is 30.5 Å². The van der Waals surface area contributed by atoms with E-state index < -0.39 is 0 Å². The maximum atomic E-state index is 6.01. The average molecular weight is 341 g/mol.